The molecule has 0 atom stereocenters. The van der Waals surface area contributed by atoms with Gasteiger partial charge < -0.3 is 5.32 Å². The fourth-order valence-electron chi connectivity index (χ4n) is 2.05. The maximum absolute atomic E-state index is 12.0. The van der Waals surface area contributed by atoms with Crippen molar-refractivity contribution in [2.45, 2.75) is 50.3 Å². The predicted octanol–water partition coefficient (Wildman–Crippen LogP) is 4.52. The summed E-state index contributed by atoms with van der Waals surface area (Å²) in [6.45, 7) is 8.66. The maximum atomic E-state index is 12.0. The van der Waals surface area contributed by atoms with Crippen molar-refractivity contribution in [3.63, 3.8) is 0 Å². The number of carbonyl (C=O) groups excluding carboxylic acids is 1. The summed E-state index contributed by atoms with van der Waals surface area (Å²) in [5.41, 5.74) is 2.63. The van der Waals surface area contributed by atoms with Crippen molar-refractivity contribution in [1.29, 1.82) is 0 Å². The first-order valence-electron chi connectivity index (χ1n) is 7.74. The Labute approximate surface area is 146 Å². The molecule has 0 aliphatic carbocycles. The monoisotopic (exact) mass is 349 g/mol. The predicted molar refractivity (Wildman–Crippen MR) is 98.4 cm³/mol. The van der Waals surface area contributed by atoms with Crippen LogP contribution in [0, 0.1) is 0 Å². The van der Waals surface area contributed by atoms with E-state index >= 15 is 0 Å². The molecule has 0 aliphatic heterocycles. The highest BCUT2D eigenvalue weighted by atomic mass is 32.2. The van der Waals surface area contributed by atoms with Crippen LogP contribution < -0.4 is 5.32 Å². The Hall–Kier alpha value is -1.40. The number of amides is 1. The van der Waals surface area contributed by atoms with E-state index in [1.54, 1.807) is 11.8 Å². The first-order chi connectivity index (χ1) is 10.9. The molecule has 0 saturated heterocycles. The van der Waals surface area contributed by atoms with Crippen LogP contribution in [0.3, 0.4) is 0 Å². The molecule has 2 rings (SSSR count). The molecule has 1 N–H and O–H groups in total. The summed E-state index contributed by atoms with van der Waals surface area (Å²) >= 11 is 3.05. The molecule has 0 radical (unpaired) electrons. The van der Waals surface area contributed by atoms with Crippen molar-refractivity contribution in [3.05, 3.63) is 35.4 Å². The fourth-order valence-corrected chi connectivity index (χ4v) is 3.72. The van der Waals surface area contributed by atoms with Gasteiger partial charge in [0.15, 0.2) is 4.34 Å². The lowest BCUT2D eigenvalue weighted by Gasteiger charge is -2.19. The topological polar surface area (TPSA) is 54.9 Å². The maximum Gasteiger partial charge on any atom is 0.226 e. The van der Waals surface area contributed by atoms with Crippen molar-refractivity contribution in [2.24, 2.45) is 0 Å². The third kappa shape index (κ3) is 5.62. The van der Waals surface area contributed by atoms with Crippen LogP contribution in [-0.2, 0) is 16.6 Å². The van der Waals surface area contributed by atoms with Gasteiger partial charge in [-0.25, -0.2) is 0 Å². The molecule has 1 amide bonds. The van der Waals surface area contributed by atoms with E-state index in [4.69, 9.17) is 0 Å². The molecule has 6 heteroatoms. The molecule has 124 valence electrons. The van der Waals surface area contributed by atoms with Crippen molar-refractivity contribution >= 4 is 34.1 Å². The first kappa shape index (κ1) is 17.9. The van der Waals surface area contributed by atoms with Gasteiger partial charge in [-0.3, -0.25) is 4.79 Å². The van der Waals surface area contributed by atoms with Gasteiger partial charge in [-0.15, -0.1) is 10.2 Å². The second-order valence-electron chi connectivity index (χ2n) is 6.30. The zero-order chi connectivity index (χ0) is 16.9. The highest BCUT2D eigenvalue weighted by Crippen LogP contribution is 2.25. The van der Waals surface area contributed by atoms with Crippen molar-refractivity contribution in [1.82, 2.24) is 10.2 Å². The van der Waals surface area contributed by atoms with Gasteiger partial charge in [0.2, 0.25) is 11.0 Å². The van der Waals surface area contributed by atoms with Crippen LogP contribution in [0.1, 0.15) is 45.2 Å². The average Bonchev–Trinajstić information content (AvgIpc) is 2.92. The minimum Gasteiger partial charge on any atom is -0.300 e. The van der Waals surface area contributed by atoms with Gasteiger partial charge >= 0.3 is 0 Å². The van der Waals surface area contributed by atoms with Crippen LogP contribution in [-0.4, -0.2) is 21.9 Å². The number of rotatable bonds is 6. The van der Waals surface area contributed by atoms with Gasteiger partial charge in [-0.05, 0) is 28.7 Å². The summed E-state index contributed by atoms with van der Waals surface area (Å²) in [5, 5.41) is 11.4. The third-order valence-electron chi connectivity index (χ3n) is 3.38. The largest absolute Gasteiger partial charge is 0.300 e. The quantitative estimate of drug-likeness (QED) is 0.615. The van der Waals surface area contributed by atoms with E-state index in [-0.39, 0.29) is 11.3 Å². The number of carbonyl (C=O) groups is 1. The number of aromatic nitrogens is 2. The third-order valence-corrected chi connectivity index (χ3v) is 5.24. The first-order valence-corrected chi connectivity index (χ1v) is 9.54. The van der Waals surface area contributed by atoms with Crippen molar-refractivity contribution in [2.75, 3.05) is 11.1 Å². The molecule has 0 bridgehead atoms. The number of nitrogens with zero attached hydrogens (tertiary/aromatic N) is 2. The van der Waals surface area contributed by atoms with Crippen LogP contribution in [0.4, 0.5) is 5.13 Å². The molecule has 0 unspecified atom stereocenters. The van der Waals surface area contributed by atoms with E-state index in [9.17, 15) is 4.79 Å². The van der Waals surface area contributed by atoms with E-state index in [1.165, 1.54) is 22.5 Å². The summed E-state index contributed by atoms with van der Waals surface area (Å²) in [6.07, 6.45) is 1.18. The molecule has 0 saturated carbocycles. The summed E-state index contributed by atoms with van der Waals surface area (Å²) in [7, 11) is 0. The summed E-state index contributed by atoms with van der Waals surface area (Å²) in [4.78, 5) is 12.0. The number of anilines is 1. The number of thioether (sulfide) groups is 1. The fraction of sp³-hybridized carbons (Fsp3) is 0.471. The van der Waals surface area contributed by atoms with Gasteiger partial charge in [-0.1, -0.05) is 75.1 Å². The number of benzene rings is 1. The number of aryl methyl sites for hydroxylation is 1. The van der Waals surface area contributed by atoms with Crippen molar-refractivity contribution in [3.8, 4) is 0 Å². The molecular formula is C17H23N3OS2. The van der Waals surface area contributed by atoms with Crippen LogP contribution in [0.15, 0.2) is 28.6 Å². The lowest BCUT2D eigenvalue weighted by molar-refractivity contribution is -0.116. The minimum atomic E-state index is -0.0194. The molecule has 2 aromatic rings. The Morgan fingerprint density at radius 3 is 2.52 bits per heavy atom. The van der Waals surface area contributed by atoms with Crippen LogP contribution in [0.5, 0.6) is 0 Å². The Kier molecular flexibility index (Phi) is 6.18. The molecule has 1 heterocycles. The van der Waals surface area contributed by atoms with E-state index in [1.807, 2.05) is 0 Å². The van der Waals surface area contributed by atoms with E-state index in [0.29, 0.717) is 11.6 Å². The summed E-state index contributed by atoms with van der Waals surface area (Å²) in [6, 6.07) is 8.50. The Morgan fingerprint density at radius 1 is 1.22 bits per heavy atom. The molecule has 23 heavy (non-hydrogen) atoms. The average molecular weight is 350 g/mol. The van der Waals surface area contributed by atoms with E-state index < -0.39 is 0 Å². The number of hydrogen-bond acceptors (Lipinski definition) is 5. The summed E-state index contributed by atoms with van der Waals surface area (Å²) < 4.78 is 0.889. The highest BCUT2D eigenvalue weighted by Gasteiger charge is 2.13. The zero-order valence-corrected chi connectivity index (χ0v) is 15.7. The standard InChI is InChI=1S/C17H23N3OS2/c1-5-22-16-20-19-15(23-16)18-14(21)11-8-12-6-9-13(10-7-12)17(2,3)4/h6-7,9-10H,5,8,11H2,1-4H3,(H,18,19,21). The zero-order valence-electron chi connectivity index (χ0n) is 14.0. The number of nitrogens with one attached hydrogen (secondary N) is 1. The normalized spacial score (nSPS) is 11.5. The lowest BCUT2D eigenvalue weighted by atomic mass is 9.86. The lowest BCUT2D eigenvalue weighted by Crippen LogP contribution is -2.13. The molecule has 4 nitrogen and oxygen atoms in total. The van der Waals surface area contributed by atoms with E-state index in [0.717, 1.165) is 16.5 Å². The second-order valence-corrected chi connectivity index (χ2v) is 8.79. The highest BCUT2D eigenvalue weighted by molar-refractivity contribution is 8.01. The molecule has 0 spiro atoms. The van der Waals surface area contributed by atoms with Gasteiger partial charge in [0.1, 0.15) is 0 Å². The van der Waals surface area contributed by atoms with Crippen LogP contribution in [0.25, 0.3) is 0 Å². The molecular weight excluding hydrogens is 326 g/mol. The van der Waals surface area contributed by atoms with E-state index in [2.05, 4.69) is 67.5 Å². The van der Waals surface area contributed by atoms with Gasteiger partial charge in [0, 0.05) is 6.42 Å². The molecule has 0 aliphatic rings. The second kappa shape index (κ2) is 7.93. The SMILES string of the molecule is CCSc1nnc(NC(=O)CCc2ccc(C(C)(C)C)cc2)s1. The van der Waals surface area contributed by atoms with Crippen molar-refractivity contribution < 1.29 is 4.79 Å². The Balaban J connectivity index is 1.84. The van der Waals surface area contributed by atoms with Gasteiger partial charge in [0.25, 0.3) is 0 Å². The Morgan fingerprint density at radius 2 is 1.91 bits per heavy atom. The van der Waals surface area contributed by atoms with Crippen LogP contribution in [0.2, 0.25) is 0 Å². The number of hydrogen-bond donors (Lipinski definition) is 1. The summed E-state index contributed by atoms with van der Waals surface area (Å²) in [5.74, 6) is 0.932. The van der Waals surface area contributed by atoms with Gasteiger partial charge in [-0.2, -0.15) is 0 Å². The molecule has 1 aromatic heterocycles. The van der Waals surface area contributed by atoms with Crippen LogP contribution >= 0.6 is 23.1 Å². The van der Waals surface area contributed by atoms with Gasteiger partial charge in [0.05, 0.1) is 0 Å². The molecule has 0 fully saturated rings. The smallest absolute Gasteiger partial charge is 0.226 e. The Bertz CT molecular complexity index is 645. The minimum absolute atomic E-state index is 0.0194. The molecule has 1 aromatic carbocycles.